The fraction of sp³-hybridized carbons (Fsp3) is 0.300. The molecular formula is C20H22N2O5S. The molecule has 2 aromatic carbocycles. The Hall–Kier alpha value is -2.71. The standard InChI is InChI=1S/C20H22N2O5S/c1-13-11-15-7-4-5-10-18(15)22(13)19(23)14(2)27-20(24)16-8-6-9-17(12-16)28(25,26)21-3/h4-10,12-14,21H,11H2,1-3H3/t13-,14+/m0/s1. The number of anilines is 1. The van der Waals surface area contributed by atoms with Crippen LogP contribution in [0.1, 0.15) is 29.8 Å². The van der Waals surface area contributed by atoms with Crippen LogP contribution in [0.15, 0.2) is 53.4 Å². The molecule has 1 amide bonds. The number of nitrogens with zero attached hydrogens (tertiary/aromatic N) is 1. The first kappa shape index (κ1) is 20.0. The normalized spacial score (nSPS) is 17.1. The van der Waals surface area contributed by atoms with Gasteiger partial charge >= 0.3 is 5.97 Å². The van der Waals surface area contributed by atoms with Crippen LogP contribution in [0.4, 0.5) is 5.69 Å². The van der Waals surface area contributed by atoms with Crippen LogP contribution in [-0.4, -0.2) is 39.5 Å². The largest absolute Gasteiger partial charge is 0.449 e. The number of carbonyl (C=O) groups is 2. The van der Waals surface area contributed by atoms with Crippen LogP contribution in [-0.2, 0) is 26.0 Å². The first-order valence-corrected chi connectivity index (χ1v) is 10.4. The van der Waals surface area contributed by atoms with Crippen LogP contribution in [0, 0.1) is 0 Å². The van der Waals surface area contributed by atoms with E-state index in [4.69, 9.17) is 4.74 Å². The Balaban J connectivity index is 1.76. The molecule has 3 rings (SSSR count). The molecular weight excluding hydrogens is 380 g/mol. The topological polar surface area (TPSA) is 92.8 Å². The predicted octanol–water partition coefficient (Wildman–Crippen LogP) is 2.12. The zero-order chi connectivity index (χ0) is 20.5. The van der Waals surface area contributed by atoms with Crippen LogP contribution >= 0.6 is 0 Å². The smallest absolute Gasteiger partial charge is 0.338 e. The van der Waals surface area contributed by atoms with Gasteiger partial charge in [0.05, 0.1) is 10.5 Å². The van der Waals surface area contributed by atoms with Crippen LogP contribution in [0.2, 0.25) is 0 Å². The van der Waals surface area contributed by atoms with Crippen LogP contribution < -0.4 is 9.62 Å². The Morgan fingerprint density at radius 2 is 1.89 bits per heavy atom. The molecule has 0 spiro atoms. The minimum absolute atomic E-state index is 0.0323. The minimum Gasteiger partial charge on any atom is -0.449 e. The maximum atomic E-state index is 12.9. The van der Waals surface area contributed by atoms with E-state index < -0.39 is 22.1 Å². The van der Waals surface area contributed by atoms with Crippen molar-refractivity contribution in [3.8, 4) is 0 Å². The van der Waals surface area contributed by atoms with Gasteiger partial charge in [-0.1, -0.05) is 24.3 Å². The Morgan fingerprint density at radius 1 is 1.18 bits per heavy atom. The van der Waals surface area contributed by atoms with Crippen molar-refractivity contribution < 1.29 is 22.7 Å². The number of fused-ring (bicyclic) bond motifs is 1. The number of para-hydroxylation sites is 1. The van der Waals surface area contributed by atoms with Crippen molar-refractivity contribution in [3.63, 3.8) is 0 Å². The van der Waals surface area contributed by atoms with Crippen LogP contribution in [0.3, 0.4) is 0 Å². The molecule has 0 saturated carbocycles. The van der Waals surface area contributed by atoms with E-state index in [0.717, 1.165) is 17.7 Å². The lowest BCUT2D eigenvalue weighted by molar-refractivity contribution is -0.126. The second kappa shape index (κ2) is 7.73. The lowest BCUT2D eigenvalue weighted by Crippen LogP contribution is -2.43. The maximum absolute atomic E-state index is 12.9. The molecule has 0 radical (unpaired) electrons. The lowest BCUT2D eigenvalue weighted by Gasteiger charge is -2.26. The lowest BCUT2D eigenvalue weighted by atomic mass is 10.1. The van der Waals surface area contributed by atoms with Crippen molar-refractivity contribution in [2.45, 2.75) is 37.3 Å². The van der Waals surface area contributed by atoms with Gasteiger partial charge in [0.25, 0.3) is 5.91 Å². The van der Waals surface area contributed by atoms with Crippen LogP contribution in [0.5, 0.6) is 0 Å². The zero-order valence-electron chi connectivity index (χ0n) is 15.9. The first-order chi connectivity index (χ1) is 13.2. The van der Waals surface area contributed by atoms with E-state index in [1.807, 2.05) is 31.2 Å². The van der Waals surface area contributed by atoms with E-state index in [1.165, 1.54) is 38.2 Å². The average Bonchev–Trinajstić information content (AvgIpc) is 3.03. The van der Waals surface area contributed by atoms with Crippen molar-refractivity contribution in [1.82, 2.24) is 4.72 Å². The number of hydrogen-bond acceptors (Lipinski definition) is 5. The number of hydrogen-bond donors (Lipinski definition) is 1. The fourth-order valence-corrected chi connectivity index (χ4v) is 4.06. The molecule has 0 bridgehead atoms. The molecule has 1 aliphatic rings. The maximum Gasteiger partial charge on any atom is 0.338 e. The van der Waals surface area contributed by atoms with Crippen molar-refractivity contribution in [2.24, 2.45) is 0 Å². The van der Waals surface area contributed by atoms with Gasteiger partial charge in [-0.15, -0.1) is 0 Å². The number of amides is 1. The molecule has 1 N–H and O–H groups in total. The monoisotopic (exact) mass is 402 g/mol. The van der Waals surface area contributed by atoms with Gasteiger partial charge in [0.2, 0.25) is 10.0 Å². The molecule has 0 unspecified atom stereocenters. The third kappa shape index (κ3) is 3.79. The van der Waals surface area contributed by atoms with Gasteiger partial charge in [-0.05, 0) is 57.1 Å². The Morgan fingerprint density at radius 3 is 2.61 bits per heavy atom. The first-order valence-electron chi connectivity index (χ1n) is 8.90. The second-order valence-electron chi connectivity index (χ2n) is 6.67. The number of nitrogens with one attached hydrogen (secondary N) is 1. The highest BCUT2D eigenvalue weighted by atomic mass is 32.2. The van der Waals surface area contributed by atoms with Gasteiger partial charge in [-0.3, -0.25) is 4.79 Å². The van der Waals surface area contributed by atoms with Crippen molar-refractivity contribution in [2.75, 3.05) is 11.9 Å². The summed E-state index contributed by atoms with van der Waals surface area (Å²) in [6, 6.07) is 13.1. The number of sulfonamides is 1. The molecule has 1 aliphatic heterocycles. The molecule has 28 heavy (non-hydrogen) atoms. The molecule has 2 aromatic rings. The van der Waals surface area contributed by atoms with Gasteiger partial charge in [0, 0.05) is 11.7 Å². The summed E-state index contributed by atoms with van der Waals surface area (Å²) in [6.45, 7) is 3.46. The quantitative estimate of drug-likeness (QED) is 0.774. The summed E-state index contributed by atoms with van der Waals surface area (Å²) in [5.74, 6) is -1.07. The molecule has 0 aromatic heterocycles. The summed E-state index contributed by atoms with van der Waals surface area (Å²) in [7, 11) is -2.40. The zero-order valence-corrected chi connectivity index (χ0v) is 16.7. The molecule has 0 fully saturated rings. The molecule has 0 saturated heterocycles. The minimum atomic E-state index is -3.69. The summed E-state index contributed by atoms with van der Waals surface area (Å²) >= 11 is 0. The highest BCUT2D eigenvalue weighted by Gasteiger charge is 2.34. The van der Waals surface area contributed by atoms with E-state index in [0.29, 0.717) is 0 Å². The Kier molecular flexibility index (Phi) is 5.53. The predicted molar refractivity (Wildman–Crippen MR) is 105 cm³/mol. The van der Waals surface area contributed by atoms with E-state index in [-0.39, 0.29) is 22.4 Å². The Labute approximate surface area is 164 Å². The number of benzene rings is 2. The molecule has 7 nitrogen and oxygen atoms in total. The number of rotatable bonds is 5. The van der Waals surface area contributed by atoms with Gasteiger partial charge in [-0.2, -0.15) is 0 Å². The summed E-state index contributed by atoms with van der Waals surface area (Å²) in [5.41, 5.74) is 1.96. The summed E-state index contributed by atoms with van der Waals surface area (Å²) < 4.78 is 31.3. The number of esters is 1. The van der Waals surface area contributed by atoms with E-state index >= 15 is 0 Å². The number of carbonyl (C=O) groups excluding carboxylic acids is 2. The molecule has 0 aliphatic carbocycles. The summed E-state index contributed by atoms with van der Waals surface area (Å²) in [4.78, 5) is 27.0. The second-order valence-corrected chi connectivity index (χ2v) is 8.56. The third-order valence-electron chi connectivity index (χ3n) is 4.73. The van der Waals surface area contributed by atoms with Crippen molar-refractivity contribution >= 4 is 27.6 Å². The van der Waals surface area contributed by atoms with E-state index in [1.54, 1.807) is 4.90 Å². The van der Waals surface area contributed by atoms with Crippen molar-refractivity contribution in [3.05, 3.63) is 59.7 Å². The van der Waals surface area contributed by atoms with Gasteiger partial charge in [-0.25, -0.2) is 17.9 Å². The van der Waals surface area contributed by atoms with E-state index in [9.17, 15) is 18.0 Å². The SMILES string of the molecule is CNS(=O)(=O)c1cccc(C(=O)O[C@H](C)C(=O)N2c3ccccc3C[C@@H]2C)c1. The van der Waals surface area contributed by atoms with Gasteiger partial charge in [0.1, 0.15) is 0 Å². The Bertz CT molecular complexity index is 1020. The molecule has 2 atom stereocenters. The fourth-order valence-electron chi connectivity index (χ4n) is 3.28. The van der Waals surface area contributed by atoms with E-state index in [2.05, 4.69) is 4.72 Å². The van der Waals surface area contributed by atoms with Crippen LogP contribution in [0.25, 0.3) is 0 Å². The van der Waals surface area contributed by atoms with Gasteiger partial charge in [0.15, 0.2) is 6.10 Å². The third-order valence-corrected chi connectivity index (χ3v) is 6.14. The number of ether oxygens (including phenoxy) is 1. The molecule has 8 heteroatoms. The average molecular weight is 402 g/mol. The molecule has 148 valence electrons. The summed E-state index contributed by atoms with van der Waals surface area (Å²) in [5, 5.41) is 0. The highest BCUT2D eigenvalue weighted by Crippen LogP contribution is 2.32. The van der Waals surface area contributed by atoms with Gasteiger partial charge < -0.3 is 9.64 Å². The van der Waals surface area contributed by atoms with Crippen molar-refractivity contribution in [1.29, 1.82) is 0 Å². The summed E-state index contributed by atoms with van der Waals surface area (Å²) in [6.07, 6.45) is -0.266. The molecule has 1 heterocycles. The highest BCUT2D eigenvalue weighted by molar-refractivity contribution is 7.89.